The van der Waals surface area contributed by atoms with Crippen LogP contribution in [-0.4, -0.2) is 23.3 Å². The van der Waals surface area contributed by atoms with Crippen molar-refractivity contribution in [1.29, 1.82) is 5.26 Å². The number of aliphatic hydroxyl groups is 1. The third kappa shape index (κ3) is 2.34. The van der Waals surface area contributed by atoms with E-state index in [1.807, 2.05) is 36.4 Å². The number of aryl methyl sites for hydroxylation is 1. The topological polar surface area (TPSA) is 96.0 Å². The Hall–Kier alpha value is -3.89. The molecule has 0 radical (unpaired) electrons. The number of aromatic nitrogens is 2. The second-order valence-electron chi connectivity index (χ2n) is 7.01. The van der Waals surface area contributed by atoms with E-state index in [0.29, 0.717) is 5.56 Å². The van der Waals surface area contributed by atoms with Crippen molar-refractivity contribution in [2.45, 2.75) is 4.90 Å². The van der Waals surface area contributed by atoms with Gasteiger partial charge in [-0.3, -0.25) is 4.68 Å². The minimum atomic E-state index is -4.21. The van der Waals surface area contributed by atoms with Crippen LogP contribution in [0.25, 0.3) is 38.9 Å². The Labute approximate surface area is 172 Å². The third-order valence-corrected chi connectivity index (χ3v) is 7.05. The Balaban J connectivity index is 1.81. The molecule has 0 spiro atoms. The van der Waals surface area contributed by atoms with Crippen molar-refractivity contribution in [2.24, 2.45) is 7.05 Å². The standard InChI is InChI=1S/C23H15N3O3S/c1-26-22-17-12-6-8-14-7-5-11-16(19(14)17)20(22)21(25-26)23(27)18(13-24)30(28,29)15-9-3-2-4-10-15/h2-12,27H,1H3. The maximum absolute atomic E-state index is 13.0. The van der Waals surface area contributed by atoms with Gasteiger partial charge in [0.05, 0.1) is 10.6 Å². The smallest absolute Gasteiger partial charge is 0.220 e. The fraction of sp³-hybridized carbons (Fsp3) is 0.0435. The fourth-order valence-corrected chi connectivity index (χ4v) is 5.29. The Kier molecular flexibility index (Phi) is 3.82. The van der Waals surface area contributed by atoms with Gasteiger partial charge in [-0.05, 0) is 28.5 Å². The van der Waals surface area contributed by atoms with Crippen LogP contribution in [-0.2, 0) is 16.9 Å². The molecule has 0 amide bonds. The molecule has 0 fully saturated rings. The number of hydrogen-bond acceptors (Lipinski definition) is 5. The molecular weight excluding hydrogens is 398 g/mol. The summed E-state index contributed by atoms with van der Waals surface area (Å²) < 4.78 is 27.6. The summed E-state index contributed by atoms with van der Waals surface area (Å²) in [5.74, 6) is -0.650. The van der Waals surface area contributed by atoms with Gasteiger partial charge in [0.15, 0.2) is 10.7 Å². The zero-order chi connectivity index (χ0) is 21.0. The average molecular weight is 413 g/mol. The Morgan fingerprint density at radius 2 is 1.67 bits per heavy atom. The average Bonchev–Trinajstić information content (AvgIpc) is 3.27. The van der Waals surface area contributed by atoms with E-state index >= 15 is 0 Å². The highest BCUT2D eigenvalue weighted by Gasteiger charge is 2.33. The second kappa shape index (κ2) is 6.31. The molecular formula is C23H15N3O3S. The Morgan fingerprint density at radius 1 is 1.00 bits per heavy atom. The Morgan fingerprint density at radius 3 is 2.33 bits per heavy atom. The van der Waals surface area contributed by atoms with Crippen LogP contribution in [0.15, 0.2) is 76.5 Å². The number of aliphatic hydroxyl groups excluding tert-OH is 1. The third-order valence-electron chi connectivity index (χ3n) is 5.34. The molecule has 6 nitrogen and oxygen atoms in total. The van der Waals surface area contributed by atoms with Crippen molar-refractivity contribution in [3.63, 3.8) is 0 Å². The van der Waals surface area contributed by atoms with E-state index in [1.54, 1.807) is 36.0 Å². The summed E-state index contributed by atoms with van der Waals surface area (Å²) in [5.41, 5.74) is 3.28. The van der Waals surface area contributed by atoms with Crippen LogP contribution >= 0.6 is 0 Å². The van der Waals surface area contributed by atoms with Gasteiger partial charge in [-0.25, -0.2) is 8.42 Å². The zero-order valence-corrected chi connectivity index (χ0v) is 16.7. The molecule has 1 heterocycles. The van der Waals surface area contributed by atoms with Crippen LogP contribution in [0.4, 0.5) is 0 Å². The van der Waals surface area contributed by atoms with Crippen molar-refractivity contribution in [1.82, 2.24) is 9.78 Å². The van der Waals surface area contributed by atoms with Gasteiger partial charge in [0, 0.05) is 18.2 Å². The van der Waals surface area contributed by atoms with Crippen LogP contribution in [0.3, 0.4) is 0 Å². The van der Waals surface area contributed by atoms with Gasteiger partial charge >= 0.3 is 0 Å². The number of nitriles is 1. The highest BCUT2D eigenvalue weighted by Crippen LogP contribution is 2.49. The number of allylic oxidation sites excluding steroid dienone is 1. The summed E-state index contributed by atoms with van der Waals surface area (Å²) in [7, 11) is -2.47. The van der Waals surface area contributed by atoms with Crippen LogP contribution in [0.5, 0.6) is 0 Å². The molecule has 7 heteroatoms. The van der Waals surface area contributed by atoms with Gasteiger partial charge in [0.1, 0.15) is 11.8 Å². The van der Waals surface area contributed by atoms with Gasteiger partial charge in [-0.15, -0.1) is 0 Å². The van der Waals surface area contributed by atoms with E-state index < -0.39 is 20.5 Å². The van der Waals surface area contributed by atoms with Gasteiger partial charge in [-0.1, -0.05) is 54.6 Å². The highest BCUT2D eigenvalue weighted by molar-refractivity contribution is 7.95. The molecule has 3 aromatic carbocycles. The monoisotopic (exact) mass is 413 g/mol. The molecule has 0 saturated carbocycles. The molecule has 0 bridgehead atoms. The van der Waals surface area contributed by atoms with Crippen molar-refractivity contribution < 1.29 is 13.5 Å². The van der Waals surface area contributed by atoms with E-state index in [1.165, 1.54) is 12.1 Å². The lowest BCUT2D eigenvalue weighted by atomic mass is 10.0. The lowest BCUT2D eigenvalue weighted by molar-refractivity contribution is 0.504. The lowest BCUT2D eigenvalue weighted by Gasteiger charge is -2.07. The first-order chi connectivity index (χ1) is 14.4. The Bertz CT molecular complexity index is 1520. The van der Waals surface area contributed by atoms with Gasteiger partial charge in [0.25, 0.3) is 0 Å². The fourth-order valence-electron chi connectivity index (χ4n) is 4.07. The van der Waals surface area contributed by atoms with Crippen LogP contribution in [0, 0.1) is 11.3 Å². The molecule has 0 atom stereocenters. The summed E-state index contributed by atoms with van der Waals surface area (Å²) in [4.78, 5) is -0.788. The molecule has 1 aromatic heterocycles. The molecule has 1 aliphatic carbocycles. The van der Waals surface area contributed by atoms with E-state index in [0.717, 1.165) is 27.6 Å². The van der Waals surface area contributed by atoms with Gasteiger partial charge < -0.3 is 5.11 Å². The molecule has 0 unspecified atom stereocenters. The van der Waals surface area contributed by atoms with Crippen molar-refractivity contribution >= 4 is 26.4 Å². The molecule has 0 aliphatic heterocycles. The number of sulfone groups is 1. The molecule has 1 N–H and O–H groups in total. The number of fused-ring (bicyclic) bond motifs is 3. The first kappa shape index (κ1) is 18.2. The summed E-state index contributed by atoms with van der Waals surface area (Å²) in [6, 6.07) is 21.0. The van der Waals surface area contributed by atoms with E-state index in [9.17, 15) is 18.8 Å². The quantitative estimate of drug-likeness (QED) is 0.348. The number of rotatable bonds is 3. The molecule has 5 rings (SSSR count). The maximum atomic E-state index is 13.0. The predicted octanol–water partition coefficient (Wildman–Crippen LogP) is 4.44. The summed E-state index contributed by atoms with van der Waals surface area (Å²) in [6.45, 7) is 0. The molecule has 30 heavy (non-hydrogen) atoms. The normalized spacial score (nSPS) is 13.1. The van der Waals surface area contributed by atoms with Crippen molar-refractivity contribution in [3.05, 3.63) is 77.3 Å². The largest absolute Gasteiger partial charge is 0.504 e. The highest BCUT2D eigenvalue weighted by atomic mass is 32.2. The zero-order valence-electron chi connectivity index (χ0n) is 15.9. The minimum Gasteiger partial charge on any atom is -0.504 e. The van der Waals surface area contributed by atoms with E-state index in [4.69, 9.17) is 0 Å². The maximum Gasteiger partial charge on any atom is 0.220 e. The van der Waals surface area contributed by atoms with Crippen LogP contribution < -0.4 is 0 Å². The first-order valence-corrected chi connectivity index (χ1v) is 10.7. The summed E-state index contributed by atoms with van der Waals surface area (Å²) in [6.07, 6.45) is 0. The SMILES string of the molecule is Cn1nc(C(O)=C(C#N)S(=O)(=O)c2ccccc2)c2c1-c1cccc3cccc-2c13. The van der Waals surface area contributed by atoms with Crippen molar-refractivity contribution in [3.8, 4) is 28.5 Å². The van der Waals surface area contributed by atoms with Crippen LogP contribution in [0.1, 0.15) is 5.69 Å². The van der Waals surface area contributed by atoms with Gasteiger partial charge in [0.2, 0.25) is 9.84 Å². The van der Waals surface area contributed by atoms with E-state index in [2.05, 4.69) is 5.10 Å². The predicted molar refractivity (Wildman–Crippen MR) is 114 cm³/mol. The molecule has 0 saturated heterocycles. The molecule has 146 valence electrons. The van der Waals surface area contributed by atoms with Gasteiger partial charge in [-0.2, -0.15) is 10.4 Å². The molecule has 4 aromatic rings. The second-order valence-corrected chi connectivity index (χ2v) is 8.90. The van der Waals surface area contributed by atoms with Crippen LogP contribution in [0.2, 0.25) is 0 Å². The summed E-state index contributed by atoms with van der Waals surface area (Å²) in [5, 5.41) is 27.1. The lowest BCUT2D eigenvalue weighted by Crippen LogP contribution is -2.07. The van der Waals surface area contributed by atoms with Crippen molar-refractivity contribution in [2.75, 3.05) is 0 Å². The summed E-state index contributed by atoms with van der Waals surface area (Å²) >= 11 is 0. The minimum absolute atomic E-state index is 0.0638. The number of benzene rings is 3. The number of nitrogens with zero attached hydrogens (tertiary/aromatic N) is 3. The number of hydrogen-bond donors (Lipinski definition) is 1. The first-order valence-electron chi connectivity index (χ1n) is 9.18. The molecule has 1 aliphatic rings. The van der Waals surface area contributed by atoms with E-state index in [-0.39, 0.29) is 10.6 Å².